The third-order valence-corrected chi connectivity index (χ3v) is 5.57. The lowest BCUT2D eigenvalue weighted by Crippen LogP contribution is -2.39. The summed E-state index contributed by atoms with van der Waals surface area (Å²) in [6, 6.07) is 18.6. The van der Waals surface area contributed by atoms with E-state index in [0.29, 0.717) is 17.7 Å². The van der Waals surface area contributed by atoms with Gasteiger partial charge in [0.15, 0.2) is 0 Å². The van der Waals surface area contributed by atoms with Gasteiger partial charge in [0, 0.05) is 16.7 Å². The number of nitrogens with zero attached hydrogens (tertiary/aromatic N) is 1. The second kappa shape index (κ2) is 8.80. The first kappa shape index (κ1) is 19.0. The summed E-state index contributed by atoms with van der Waals surface area (Å²) in [6.45, 7) is 0. The average molecular weight is 401 g/mol. The summed E-state index contributed by atoms with van der Waals surface area (Å²) in [5, 5.41) is 0. The first-order valence-electron chi connectivity index (χ1n) is 9.39. The van der Waals surface area contributed by atoms with Gasteiger partial charge in [-0.25, -0.2) is 4.90 Å². The minimum Gasteiger partial charge on any atom is -0.332 e. The van der Waals surface area contributed by atoms with Gasteiger partial charge < -0.3 is 4.72 Å². The van der Waals surface area contributed by atoms with Crippen molar-refractivity contribution >= 4 is 29.4 Å². The molecular weight excluding hydrogens is 380 g/mol. The number of fused-ring (bicyclic) bond motifs is 1. The molecule has 1 heterocycles. The Morgan fingerprint density at radius 1 is 1.00 bits per heavy atom. The van der Waals surface area contributed by atoms with Crippen LogP contribution in [0.5, 0.6) is 0 Å². The molecule has 4 nitrogen and oxygen atoms in total. The highest BCUT2D eigenvalue weighted by molar-refractivity contribution is 8.01. The third kappa shape index (κ3) is 4.25. The predicted octanol–water partition coefficient (Wildman–Crippen LogP) is 4.69. The topological polar surface area (TPSA) is 49.4 Å². The van der Waals surface area contributed by atoms with Crippen molar-refractivity contribution in [2.45, 2.75) is 12.8 Å². The predicted molar refractivity (Wildman–Crippen MR) is 118 cm³/mol. The zero-order chi connectivity index (χ0) is 20.1. The molecule has 0 bridgehead atoms. The number of rotatable bonds is 4. The van der Waals surface area contributed by atoms with E-state index in [1.54, 1.807) is 24.4 Å². The van der Waals surface area contributed by atoms with Gasteiger partial charge in [0.25, 0.3) is 5.91 Å². The molecule has 2 amide bonds. The second-order valence-electron chi connectivity index (χ2n) is 6.64. The van der Waals surface area contributed by atoms with Crippen LogP contribution in [-0.2, 0) is 16.0 Å². The summed E-state index contributed by atoms with van der Waals surface area (Å²) in [5.74, 6) is -0.565. The fourth-order valence-electron chi connectivity index (χ4n) is 3.32. The van der Waals surface area contributed by atoms with Gasteiger partial charge >= 0.3 is 0 Å². The van der Waals surface area contributed by atoms with Crippen molar-refractivity contribution in [3.8, 4) is 0 Å². The Morgan fingerprint density at radius 2 is 1.72 bits per heavy atom. The van der Waals surface area contributed by atoms with Crippen LogP contribution in [0.3, 0.4) is 0 Å². The SMILES string of the molecule is O=C(Cc1ccccc1)N(C(=O)C1=C2CC=CC=C2SNC=C1)c1ccccc1. The Balaban J connectivity index is 1.74. The molecule has 0 fully saturated rings. The van der Waals surface area contributed by atoms with E-state index in [-0.39, 0.29) is 18.2 Å². The quantitative estimate of drug-likeness (QED) is 0.756. The number of anilines is 1. The molecule has 2 aromatic carbocycles. The van der Waals surface area contributed by atoms with Crippen LogP contribution in [0.15, 0.2) is 107 Å². The van der Waals surface area contributed by atoms with Crippen molar-refractivity contribution in [2.75, 3.05) is 4.90 Å². The van der Waals surface area contributed by atoms with Crippen molar-refractivity contribution in [1.82, 2.24) is 4.72 Å². The monoisotopic (exact) mass is 400 g/mol. The fourth-order valence-corrected chi connectivity index (χ4v) is 4.04. The number of benzene rings is 2. The van der Waals surface area contributed by atoms with Crippen LogP contribution in [0, 0.1) is 0 Å². The van der Waals surface area contributed by atoms with E-state index in [4.69, 9.17) is 0 Å². The molecule has 0 saturated heterocycles. The van der Waals surface area contributed by atoms with Crippen LogP contribution in [0.2, 0.25) is 0 Å². The Bertz CT molecular complexity index is 1040. The molecular formula is C24H20N2O2S. The van der Waals surface area contributed by atoms with Gasteiger partial charge in [0.05, 0.1) is 12.1 Å². The molecule has 4 rings (SSSR count). The van der Waals surface area contributed by atoms with Gasteiger partial charge in [-0.3, -0.25) is 9.59 Å². The van der Waals surface area contributed by atoms with Crippen molar-refractivity contribution in [3.05, 3.63) is 113 Å². The first-order valence-corrected chi connectivity index (χ1v) is 10.2. The van der Waals surface area contributed by atoms with E-state index in [0.717, 1.165) is 16.0 Å². The Labute approximate surface area is 174 Å². The van der Waals surface area contributed by atoms with Crippen LogP contribution in [0.1, 0.15) is 12.0 Å². The maximum atomic E-state index is 13.6. The number of carbonyl (C=O) groups excluding carboxylic acids is 2. The molecule has 0 radical (unpaired) electrons. The largest absolute Gasteiger partial charge is 0.332 e. The molecule has 2 aromatic rings. The Kier molecular flexibility index (Phi) is 5.77. The molecule has 0 atom stereocenters. The highest BCUT2D eigenvalue weighted by atomic mass is 32.2. The number of hydrogen-bond acceptors (Lipinski definition) is 4. The average Bonchev–Trinajstić information content (AvgIpc) is 2.98. The molecule has 1 aliphatic heterocycles. The lowest BCUT2D eigenvalue weighted by Gasteiger charge is -2.23. The van der Waals surface area contributed by atoms with Gasteiger partial charge in [0.2, 0.25) is 5.91 Å². The van der Waals surface area contributed by atoms with E-state index >= 15 is 0 Å². The normalized spacial score (nSPS) is 15.1. The summed E-state index contributed by atoms with van der Waals surface area (Å²) >= 11 is 1.47. The maximum Gasteiger partial charge on any atom is 0.265 e. The Hall–Kier alpha value is -3.31. The van der Waals surface area contributed by atoms with E-state index in [2.05, 4.69) is 4.72 Å². The summed E-state index contributed by atoms with van der Waals surface area (Å²) in [4.78, 5) is 29.2. The number of imide groups is 1. The van der Waals surface area contributed by atoms with Gasteiger partial charge in [0.1, 0.15) is 0 Å². The smallest absolute Gasteiger partial charge is 0.265 e. The molecule has 0 spiro atoms. The number of carbonyl (C=O) groups is 2. The minimum absolute atomic E-state index is 0.156. The third-order valence-electron chi connectivity index (χ3n) is 4.71. The van der Waals surface area contributed by atoms with Gasteiger partial charge in [-0.15, -0.1) is 0 Å². The van der Waals surface area contributed by atoms with Gasteiger partial charge in [-0.1, -0.05) is 60.7 Å². The first-order chi connectivity index (χ1) is 14.2. The molecule has 2 aliphatic rings. The van der Waals surface area contributed by atoms with Crippen LogP contribution in [0.4, 0.5) is 5.69 Å². The summed E-state index contributed by atoms with van der Waals surface area (Å²) in [5.41, 5.74) is 2.90. The number of allylic oxidation sites excluding steroid dienone is 4. The number of amides is 2. The van der Waals surface area contributed by atoms with E-state index in [1.807, 2.05) is 66.8 Å². The molecule has 5 heteroatoms. The maximum absolute atomic E-state index is 13.6. The van der Waals surface area contributed by atoms with Crippen molar-refractivity contribution < 1.29 is 9.59 Å². The zero-order valence-electron chi connectivity index (χ0n) is 15.7. The van der Waals surface area contributed by atoms with Gasteiger partial charge in [-0.05, 0) is 53.8 Å². The van der Waals surface area contributed by atoms with Crippen LogP contribution in [-0.4, -0.2) is 11.8 Å². The van der Waals surface area contributed by atoms with E-state index in [1.165, 1.54) is 16.8 Å². The lowest BCUT2D eigenvalue weighted by atomic mass is 9.99. The highest BCUT2D eigenvalue weighted by Gasteiger charge is 2.29. The lowest BCUT2D eigenvalue weighted by molar-refractivity contribution is -0.124. The summed E-state index contributed by atoms with van der Waals surface area (Å²) in [7, 11) is 0. The van der Waals surface area contributed by atoms with Crippen LogP contribution < -0.4 is 9.62 Å². The summed E-state index contributed by atoms with van der Waals surface area (Å²) < 4.78 is 3.12. The standard InChI is InChI=1S/C24H20N2O2S/c27-23(17-18-9-3-1-4-10-18)26(19-11-5-2-6-12-19)24(28)21-15-16-25-29-22-14-8-7-13-20(21)22/h1-12,14-16,25H,13,17H2. The fraction of sp³-hybridized carbons (Fsp3) is 0.0833. The van der Waals surface area contributed by atoms with Crippen molar-refractivity contribution in [2.24, 2.45) is 0 Å². The number of hydrogen-bond donors (Lipinski definition) is 1. The highest BCUT2D eigenvalue weighted by Crippen LogP contribution is 2.34. The van der Waals surface area contributed by atoms with Gasteiger partial charge in [-0.2, -0.15) is 0 Å². The number of para-hydroxylation sites is 1. The molecule has 144 valence electrons. The van der Waals surface area contributed by atoms with E-state index < -0.39 is 0 Å². The molecule has 0 aromatic heterocycles. The van der Waals surface area contributed by atoms with Crippen LogP contribution in [0.25, 0.3) is 0 Å². The van der Waals surface area contributed by atoms with Crippen LogP contribution >= 0.6 is 11.9 Å². The van der Waals surface area contributed by atoms with E-state index in [9.17, 15) is 9.59 Å². The second-order valence-corrected chi connectivity index (χ2v) is 7.52. The Morgan fingerprint density at radius 3 is 2.48 bits per heavy atom. The number of nitrogens with one attached hydrogen (secondary N) is 1. The molecule has 0 unspecified atom stereocenters. The zero-order valence-corrected chi connectivity index (χ0v) is 16.6. The van der Waals surface area contributed by atoms with Crippen molar-refractivity contribution in [1.29, 1.82) is 0 Å². The minimum atomic E-state index is -0.311. The summed E-state index contributed by atoms with van der Waals surface area (Å²) in [6.07, 6.45) is 10.3. The molecule has 0 saturated carbocycles. The molecule has 29 heavy (non-hydrogen) atoms. The molecule has 1 aliphatic carbocycles. The van der Waals surface area contributed by atoms with Crippen molar-refractivity contribution in [3.63, 3.8) is 0 Å². The molecule has 1 N–H and O–H groups in total.